The molecule has 0 bridgehead atoms. The molecule has 0 aliphatic rings. The third-order valence-electron chi connectivity index (χ3n) is 2.65. The standard InChI is InChI=1S/C15H15BrN2/c1-17-10-8-13(12-5-4-9-18-11-12)14-6-2-3-7-15(14)16/h2-9,11,17H,10H2,1H3. The zero-order valence-corrected chi connectivity index (χ0v) is 11.8. The van der Waals surface area contributed by atoms with Gasteiger partial charge < -0.3 is 5.32 Å². The predicted octanol–water partition coefficient (Wildman–Crippen LogP) is 3.50. The Labute approximate surface area is 116 Å². The van der Waals surface area contributed by atoms with Gasteiger partial charge in [0.15, 0.2) is 0 Å². The van der Waals surface area contributed by atoms with Gasteiger partial charge in [0.05, 0.1) is 0 Å². The molecule has 0 fully saturated rings. The van der Waals surface area contributed by atoms with Crippen LogP contribution in [-0.2, 0) is 0 Å². The summed E-state index contributed by atoms with van der Waals surface area (Å²) >= 11 is 3.60. The second-order valence-electron chi connectivity index (χ2n) is 3.90. The first-order valence-corrected chi connectivity index (χ1v) is 6.62. The molecule has 0 aliphatic carbocycles. The lowest BCUT2D eigenvalue weighted by Gasteiger charge is -2.10. The molecule has 0 amide bonds. The Morgan fingerprint density at radius 3 is 2.78 bits per heavy atom. The maximum atomic E-state index is 4.19. The molecule has 1 aromatic carbocycles. The first-order chi connectivity index (χ1) is 8.83. The number of likely N-dealkylation sites (N-methyl/N-ethyl adjacent to an activating group) is 1. The molecule has 0 radical (unpaired) electrons. The van der Waals surface area contributed by atoms with E-state index in [9.17, 15) is 0 Å². The number of hydrogen-bond donors (Lipinski definition) is 1. The highest BCUT2D eigenvalue weighted by molar-refractivity contribution is 9.10. The smallest absolute Gasteiger partial charge is 0.0346 e. The Kier molecular flexibility index (Phi) is 4.67. The maximum Gasteiger partial charge on any atom is 0.0346 e. The normalized spacial score (nSPS) is 11.6. The van der Waals surface area contributed by atoms with Gasteiger partial charge in [0.2, 0.25) is 0 Å². The van der Waals surface area contributed by atoms with Crippen LogP contribution in [0.15, 0.2) is 59.3 Å². The summed E-state index contributed by atoms with van der Waals surface area (Å²) in [5, 5.41) is 3.15. The van der Waals surface area contributed by atoms with Gasteiger partial charge in [0.1, 0.15) is 0 Å². The average molecular weight is 303 g/mol. The first-order valence-electron chi connectivity index (χ1n) is 5.83. The zero-order chi connectivity index (χ0) is 12.8. The summed E-state index contributed by atoms with van der Waals surface area (Å²) in [6, 6.07) is 12.3. The van der Waals surface area contributed by atoms with E-state index in [1.165, 1.54) is 11.1 Å². The Bertz CT molecular complexity index is 535. The quantitative estimate of drug-likeness (QED) is 0.935. The lowest BCUT2D eigenvalue weighted by molar-refractivity contribution is 0.920. The van der Waals surface area contributed by atoms with E-state index in [1.54, 1.807) is 6.20 Å². The van der Waals surface area contributed by atoms with Crippen molar-refractivity contribution in [2.45, 2.75) is 0 Å². The van der Waals surface area contributed by atoms with Crippen LogP contribution < -0.4 is 5.32 Å². The number of pyridine rings is 1. The van der Waals surface area contributed by atoms with Crippen molar-refractivity contribution in [2.24, 2.45) is 0 Å². The third-order valence-corrected chi connectivity index (χ3v) is 3.34. The van der Waals surface area contributed by atoms with Crippen LogP contribution in [0.25, 0.3) is 5.57 Å². The van der Waals surface area contributed by atoms with Crippen molar-refractivity contribution >= 4 is 21.5 Å². The molecule has 2 aromatic rings. The van der Waals surface area contributed by atoms with E-state index in [0.29, 0.717) is 0 Å². The molecule has 0 atom stereocenters. The largest absolute Gasteiger partial charge is 0.316 e. The van der Waals surface area contributed by atoms with E-state index in [0.717, 1.165) is 16.6 Å². The van der Waals surface area contributed by atoms with Gasteiger partial charge in [-0.05, 0) is 30.3 Å². The highest BCUT2D eigenvalue weighted by Crippen LogP contribution is 2.28. The van der Waals surface area contributed by atoms with Crippen LogP contribution in [0.4, 0.5) is 0 Å². The molecule has 0 aliphatic heterocycles. The van der Waals surface area contributed by atoms with Crippen LogP contribution in [0.5, 0.6) is 0 Å². The van der Waals surface area contributed by atoms with E-state index in [-0.39, 0.29) is 0 Å². The van der Waals surface area contributed by atoms with Crippen LogP contribution in [0.1, 0.15) is 11.1 Å². The van der Waals surface area contributed by atoms with Crippen molar-refractivity contribution < 1.29 is 0 Å². The highest BCUT2D eigenvalue weighted by Gasteiger charge is 2.07. The van der Waals surface area contributed by atoms with Gasteiger partial charge in [-0.25, -0.2) is 0 Å². The van der Waals surface area contributed by atoms with Crippen molar-refractivity contribution in [3.05, 3.63) is 70.5 Å². The van der Waals surface area contributed by atoms with E-state index >= 15 is 0 Å². The zero-order valence-electron chi connectivity index (χ0n) is 10.2. The summed E-state index contributed by atoms with van der Waals surface area (Å²) in [6.45, 7) is 0.825. The summed E-state index contributed by atoms with van der Waals surface area (Å²) in [5.74, 6) is 0. The van der Waals surface area contributed by atoms with E-state index < -0.39 is 0 Å². The fourth-order valence-electron chi connectivity index (χ4n) is 1.79. The Balaban J connectivity index is 2.48. The number of hydrogen-bond acceptors (Lipinski definition) is 2. The van der Waals surface area contributed by atoms with Crippen molar-refractivity contribution in [3.63, 3.8) is 0 Å². The monoisotopic (exact) mass is 302 g/mol. The van der Waals surface area contributed by atoms with Gasteiger partial charge >= 0.3 is 0 Å². The average Bonchev–Trinajstić information content (AvgIpc) is 2.42. The minimum Gasteiger partial charge on any atom is -0.316 e. The molecular formula is C15H15BrN2. The molecule has 0 saturated heterocycles. The molecule has 92 valence electrons. The third kappa shape index (κ3) is 3.06. The lowest BCUT2D eigenvalue weighted by atomic mass is 9.99. The highest BCUT2D eigenvalue weighted by atomic mass is 79.9. The minimum atomic E-state index is 0.825. The molecule has 0 spiro atoms. The van der Waals surface area contributed by atoms with Crippen LogP contribution in [0, 0.1) is 0 Å². The van der Waals surface area contributed by atoms with Crippen molar-refractivity contribution in [1.82, 2.24) is 10.3 Å². The van der Waals surface area contributed by atoms with Crippen molar-refractivity contribution in [2.75, 3.05) is 13.6 Å². The molecule has 0 unspecified atom stereocenters. The molecular weight excluding hydrogens is 288 g/mol. The predicted molar refractivity (Wildman–Crippen MR) is 79.4 cm³/mol. The van der Waals surface area contributed by atoms with Gasteiger partial charge in [-0.2, -0.15) is 0 Å². The van der Waals surface area contributed by atoms with Gasteiger partial charge in [-0.3, -0.25) is 4.98 Å². The van der Waals surface area contributed by atoms with E-state index in [4.69, 9.17) is 0 Å². The van der Waals surface area contributed by atoms with E-state index in [2.05, 4.69) is 50.5 Å². The summed E-state index contributed by atoms with van der Waals surface area (Å²) in [4.78, 5) is 4.19. The SMILES string of the molecule is CNCC=C(c1cccnc1)c1ccccc1Br. The number of aromatic nitrogens is 1. The fourth-order valence-corrected chi connectivity index (χ4v) is 2.29. The fraction of sp³-hybridized carbons (Fsp3) is 0.133. The molecule has 2 nitrogen and oxygen atoms in total. The minimum absolute atomic E-state index is 0.825. The summed E-state index contributed by atoms with van der Waals surface area (Å²) in [6.07, 6.45) is 5.86. The van der Waals surface area contributed by atoms with Crippen molar-refractivity contribution in [3.8, 4) is 0 Å². The summed E-state index contributed by atoms with van der Waals surface area (Å²) in [7, 11) is 1.94. The number of halogens is 1. The van der Waals surface area contributed by atoms with Crippen LogP contribution in [0.3, 0.4) is 0 Å². The second kappa shape index (κ2) is 6.47. The second-order valence-corrected chi connectivity index (χ2v) is 4.75. The summed E-state index contributed by atoms with van der Waals surface area (Å²) < 4.78 is 1.09. The van der Waals surface area contributed by atoms with Gasteiger partial charge in [0.25, 0.3) is 0 Å². The molecule has 18 heavy (non-hydrogen) atoms. The molecule has 2 rings (SSSR count). The molecule has 1 N–H and O–H groups in total. The molecule has 0 saturated carbocycles. The Hall–Kier alpha value is -1.45. The van der Waals surface area contributed by atoms with Crippen molar-refractivity contribution in [1.29, 1.82) is 0 Å². The number of nitrogens with one attached hydrogen (secondary N) is 1. The topological polar surface area (TPSA) is 24.9 Å². The number of rotatable bonds is 4. The van der Waals surface area contributed by atoms with Crippen LogP contribution >= 0.6 is 15.9 Å². The maximum absolute atomic E-state index is 4.19. The number of benzene rings is 1. The molecule has 1 aromatic heterocycles. The van der Waals surface area contributed by atoms with Crippen LogP contribution in [0.2, 0.25) is 0 Å². The Morgan fingerprint density at radius 2 is 2.11 bits per heavy atom. The number of nitrogens with zero attached hydrogens (tertiary/aromatic N) is 1. The van der Waals surface area contributed by atoms with E-state index in [1.807, 2.05) is 31.4 Å². The van der Waals surface area contributed by atoms with Crippen LogP contribution in [-0.4, -0.2) is 18.6 Å². The first kappa shape index (κ1) is 13.0. The Morgan fingerprint density at radius 1 is 1.28 bits per heavy atom. The van der Waals surface area contributed by atoms with Gasteiger partial charge in [0, 0.05) is 29.0 Å². The summed E-state index contributed by atoms with van der Waals surface area (Å²) in [5.41, 5.74) is 3.49. The molecule has 1 heterocycles. The van der Waals surface area contributed by atoms with Gasteiger partial charge in [-0.1, -0.05) is 46.3 Å². The molecule has 3 heteroatoms. The lowest BCUT2D eigenvalue weighted by Crippen LogP contribution is -2.05. The van der Waals surface area contributed by atoms with Gasteiger partial charge in [-0.15, -0.1) is 0 Å².